The van der Waals surface area contributed by atoms with Crippen LogP contribution in [0.1, 0.15) is 22.3 Å². The number of hydrogen-bond donors (Lipinski definition) is 1. The molecule has 0 bridgehead atoms. The molecule has 1 atom stereocenters. The number of rotatable bonds is 5. The van der Waals surface area contributed by atoms with E-state index in [0.717, 1.165) is 16.7 Å². The molecule has 136 valence electrons. The summed E-state index contributed by atoms with van der Waals surface area (Å²) in [6.45, 7) is 2.64. The topological polar surface area (TPSA) is 79.7 Å². The van der Waals surface area contributed by atoms with Gasteiger partial charge < -0.3 is 14.7 Å². The summed E-state index contributed by atoms with van der Waals surface area (Å²) in [5, 5.41) is 9.55. The average Bonchev–Trinajstić information content (AvgIpc) is 3.07. The van der Waals surface area contributed by atoms with Crippen LogP contribution in [0, 0.1) is 12.3 Å². The Labute approximate surface area is 152 Å². The Hall–Kier alpha value is -2.73. The Morgan fingerprint density at radius 1 is 1.27 bits per heavy atom. The number of carboxylic acids is 1. The van der Waals surface area contributed by atoms with Crippen molar-refractivity contribution >= 4 is 11.9 Å². The van der Waals surface area contributed by atoms with Crippen LogP contribution in [-0.4, -0.2) is 53.7 Å². The summed E-state index contributed by atoms with van der Waals surface area (Å²) < 4.78 is 5.08. The van der Waals surface area contributed by atoms with Gasteiger partial charge in [0.25, 0.3) is 5.91 Å². The van der Waals surface area contributed by atoms with Gasteiger partial charge in [0.1, 0.15) is 5.41 Å². The summed E-state index contributed by atoms with van der Waals surface area (Å²) >= 11 is 0. The van der Waals surface area contributed by atoms with E-state index in [9.17, 15) is 14.7 Å². The van der Waals surface area contributed by atoms with Gasteiger partial charge in [0, 0.05) is 38.2 Å². The summed E-state index contributed by atoms with van der Waals surface area (Å²) in [4.78, 5) is 30.3. The van der Waals surface area contributed by atoms with Gasteiger partial charge in [-0.3, -0.25) is 14.6 Å². The number of hydrogen-bond acceptors (Lipinski definition) is 4. The minimum absolute atomic E-state index is 0.0910. The first-order valence-electron chi connectivity index (χ1n) is 8.49. The standard InChI is InChI=1S/C20H22N2O4/c1-14-4-3-5-15(8-14)16-9-17(11-21-10-16)18(23)22-7-6-20(12-22,13-26-2)19(24)25/h3-5,8-11H,6-7,12-13H2,1-2H3,(H,24,25). The van der Waals surface area contributed by atoms with E-state index in [1.165, 1.54) is 13.3 Å². The molecule has 1 aromatic carbocycles. The molecule has 26 heavy (non-hydrogen) atoms. The number of aryl methyl sites for hydroxylation is 1. The lowest BCUT2D eigenvalue weighted by Crippen LogP contribution is -2.40. The fourth-order valence-electron chi connectivity index (χ4n) is 3.40. The summed E-state index contributed by atoms with van der Waals surface area (Å²) in [6, 6.07) is 9.79. The van der Waals surface area contributed by atoms with Crippen molar-refractivity contribution in [2.45, 2.75) is 13.3 Å². The average molecular weight is 354 g/mol. The van der Waals surface area contributed by atoms with Crippen molar-refractivity contribution in [1.29, 1.82) is 0 Å². The molecule has 0 radical (unpaired) electrons. The van der Waals surface area contributed by atoms with Gasteiger partial charge in [-0.15, -0.1) is 0 Å². The molecule has 1 N–H and O–H groups in total. The van der Waals surface area contributed by atoms with E-state index in [1.807, 2.05) is 31.2 Å². The van der Waals surface area contributed by atoms with Crippen LogP contribution in [0.2, 0.25) is 0 Å². The summed E-state index contributed by atoms with van der Waals surface area (Å²) in [5.74, 6) is -1.13. The zero-order chi connectivity index (χ0) is 18.7. The highest BCUT2D eigenvalue weighted by atomic mass is 16.5. The maximum Gasteiger partial charge on any atom is 0.313 e. The van der Waals surface area contributed by atoms with E-state index in [-0.39, 0.29) is 19.1 Å². The van der Waals surface area contributed by atoms with Gasteiger partial charge >= 0.3 is 5.97 Å². The highest BCUT2D eigenvalue weighted by molar-refractivity contribution is 5.96. The minimum Gasteiger partial charge on any atom is -0.481 e. The summed E-state index contributed by atoms with van der Waals surface area (Å²) in [6.07, 6.45) is 3.63. The number of aromatic nitrogens is 1. The first-order valence-corrected chi connectivity index (χ1v) is 8.49. The van der Waals surface area contributed by atoms with Crippen LogP contribution in [0.15, 0.2) is 42.7 Å². The van der Waals surface area contributed by atoms with Gasteiger partial charge in [-0.2, -0.15) is 0 Å². The van der Waals surface area contributed by atoms with Gasteiger partial charge in [0.05, 0.1) is 12.2 Å². The number of amides is 1. The van der Waals surface area contributed by atoms with Gasteiger partial charge in [-0.25, -0.2) is 0 Å². The maximum atomic E-state index is 12.9. The summed E-state index contributed by atoms with van der Waals surface area (Å²) in [7, 11) is 1.48. The Balaban J connectivity index is 1.83. The van der Waals surface area contributed by atoms with Crippen LogP contribution >= 0.6 is 0 Å². The predicted octanol–water partition coefficient (Wildman–Crippen LogP) is 2.62. The van der Waals surface area contributed by atoms with Crippen molar-refractivity contribution in [2.75, 3.05) is 26.8 Å². The highest BCUT2D eigenvalue weighted by Crippen LogP contribution is 2.32. The Morgan fingerprint density at radius 2 is 2.08 bits per heavy atom. The SMILES string of the molecule is COCC1(C(=O)O)CCN(C(=O)c2cncc(-c3cccc(C)c3)c2)C1. The predicted molar refractivity (Wildman–Crippen MR) is 96.9 cm³/mol. The van der Waals surface area contributed by atoms with Crippen molar-refractivity contribution in [3.8, 4) is 11.1 Å². The van der Waals surface area contributed by atoms with Crippen molar-refractivity contribution in [1.82, 2.24) is 9.88 Å². The first kappa shape index (κ1) is 18.1. The van der Waals surface area contributed by atoms with E-state index in [2.05, 4.69) is 4.98 Å². The molecule has 0 aliphatic carbocycles. The van der Waals surface area contributed by atoms with Crippen LogP contribution in [0.5, 0.6) is 0 Å². The van der Waals surface area contributed by atoms with Gasteiger partial charge in [0.15, 0.2) is 0 Å². The van der Waals surface area contributed by atoms with Crippen LogP contribution in [0.25, 0.3) is 11.1 Å². The molecule has 2 aromatic rings. The number of nitrogens with zero attached hydrogens (tertiary/aromatic N) is 2. The number of carbonyl (C=O) groups excluding carboxylic acids is 1. The largest absolute Gasteiger partial charge is 0.481 e. The number of ether oxygens (including phenoxy) is 1. The molecule has 1 amide bonds. The Bertz CT molecular complexity index is 836. The number of carbonyl (C=O) groups is 2. The number of aliphatic carboxylic acids is 1. The second-order valence-corrected chi connectivity index (χ2v) is 6.83. The van der Waals surface area contributed by atoms with Crippen molar-refractivity contribution in [3.05, 3.63) is 53.9 Å². The van der Waals surface area contributed by atoms with Gasteiger partial charge in [0.2, 0.25) is 0 Å². The number of methoxy groups -OCH3 is 1. The molecule has 2 heterocycles. The molecule has 6 nitrogen and oxygen atoms in total. The number of carboxylic acid groups (broad SMARTS) is 1. The molecule has 6 heteroatoms. The zero-order valence-corrected chi connectivity index (χ0v) is 14.9. The second-order valence-electron chi connectivity index (χ2n) is 6.83. The molecule has 0 saturated carbocycles. The van der Waals surface area contributed by atoms with Crippen molar-refractivity contribution in [2.24, 2.45) is 5.41 Å². The lowest BCUT2D eigenvalue weighted by atomic mass is 9.88. The smallest absolute Gasteiger partial charge is 0.313 e. The van der Waals surface area contributed by atoms with Crippen LogP contribution in [0.3, 0.4) is 0 Å². The highest BCUT2D eigenvalue weighted by Gasteiger charge is 2.46. The Morgan fingerprint density at radius 3 is 2.77 bits per heavy atom. The molecular weight excluding hydrogens is 332 g/mol. The molecule has 1 fully saturated rings. The molecule has 1 aliphatic rings. The lowest BCUT2D eigenvalue weighted by Gasteiger charge is -2.23. The second kappa shape index (κ2) is 7.25. The first-order chi connectivity index (χ1) is 12.4. The lowest BCUT2D eigenvalue weighted by molar-refractivity contribution is -0.151. The number of benzene rings is 1. The molecular formula is C20H22N2O4. The van der Waals surface area contributed by atoms with Gasteiger partial charge in [-0.1, -0.05) is 29.8 Å². The minimum atomic E-state index is -1.04. The van der Waals surface area contributed by atoms with Crippen molar-refractivity contribution in [3.63, 3.8) is 0 Å². The number of likely N-dealkylation sites (tertiary alicyclic amines) is 1. The maximum absolute atomic E-state index is 12.9. The fourth-order valence-corrected chi connectivity index (χ4v) is 3.40. The fraction of sp³-hybridized carbons (Fsp3) is 0.350. The molecule has 1 saturated heterocycles. The van der Waals surface area contributed by atoms with Crippen LogP contribution < -0.4 is 0 Å². The van der Waals surface area contributed by atoms with Gasteiger partial charge in [-0.05, 0) is 25.0 Å². The summed E-state index contributed by atoms with van der Waals surface area (Å²) in [5.41, 5.74) is 2.41. The van der Waals surface area contributed by atoms with Crippen LogP contribution in [-0.2, 0) is 9.53 Å². The van der Waals surface area contributed by atoms with E-state index < -0.39 is 11.4 Å². The van der Waals surface area contributed by atoms with E-state index in [0.29, 0.717) is 18.5 Å². The molecule has 0 spiro atoms. The molecule has 1 aliphatic heterocycles. The Kier molecular flexibility index (Phi) is 5.04. The third kappa shape index (κ3) is 3.46. The van der Waals surface area contributed by atoms with E-state index in [1.54, 1.807) is 17.2 Å². The monoisotopic (exact) mass is 354 g/mol. The zero-order valence-electron chi connectivity index (χ0n) is 14.9. The molecule has 1 aromatic heterocycles. The van der Waals surface area contributed by atoms with Crippen LogP contribution in [0.4, 0.5) is 0 Å². The van der Waals surface area contributed by atoms with E-state index >= 15 is 0 Å². The van der Waals surface area contributed by atoms with Crippen molar-refractivity contribution < 1.29 is 19.4 Å². The normalized spacial score (nSPS) is 19.5. The third-order valence-corrected chi connectivity index (χ3v) is 4.85. The third-order valence-electron chi connectivity index (χ3n) is 4.85. The quantitative estimate of drug-likeness (QED) is 0.893. The molecule has 3 rings (SSSR count). The molecule has 1 unspecified atom stereocenters. The number of pyridine rings is 1. The van der Waals surface area contributed by atoms with E-state index in [4.69, 9.17) is 4.74 Å².